The highest BCUT2D eigenvalue weighted by atomic mass is 16.5. The summed E-state index contributed by atoms with van der Waals surface area (Å²) >= 11 is 0. The molecule has 3 aromatic rings. The Morgan fingerprint density at radius 1 is 1.17 bits per heavy atom. The largest absolute Gasteiger partial charge is 0.457 e. The van der Waals surface area contributed by atoms with E-state index in [1.165, 1.54) is 0 Å². The first-order valence-electron chi connectivity index (χ1n) is 7.61. The Bertz CT molecular complexity index is 971. The topological polar surface area (TPSA) is 63.0 Å². The second kappa shape index (κ2) is 6.51. The zero-order valence-corrected chi connectivity index (χ0v) is 13.5. The van der Waals surface area contributed by atoms with Gasteiger partial charge in [0.25, 0.3) is 0 Å². The van der Waals surface area contributed by atoms with Gasteiger partial charge in [0.1, 0.15) is 6.61 Å². The number of pyridine rings is 1. The minimum atomic E-state index is -0.390. The average Bonchev–Trinajstić information content (AvgIpc) is 2.59. The average molecular weight is 316 g/mol. The first-order valence-corrected chi connectivity index (χ1v) is 7.61. The van der Waals surface area contributed by atoms with Gasteiger partial charge in [-0.15, -0.1) is 0 Å². The lowest BCUT2D eigenvalue weighted by molar-refractivity contribution is 0.0475. The number of aryl methyl sites for hydroxylation is 2. The van der Waals surface area contributed by atoms with Crippen LogP contribution >= 0.6 is 0 Å². The lowest BCUT2D eigenvalue weighted by Gasteiger charge is -2.09. The van der Waals surface area contributed by atoms with Gasteiger partial charge in [0.15, 0.2) is 0 Å². The number of hydrogen-bond donors (Lipinski definition) is 0. The number of carbonyl (C=O) groups is 1. The fraction of sp³-hybridized carbons (Fsp3) is 0.150. The molecule has 1 aromatic heterocycles. The van der Waals surface area contributed by atoms with Crippen LogP contribution in [0.5, 0.6) is 0 Å². The Kier molecular flexibility index (Phi) is 4.26. The van der Waals surface area contributed by atoms with E-state index < -0.39 is 5.97 Å². The predicted octanol–water partition coefficient (Wildman–Crippen LogP) is 4.08. The van der Waals surface area contributed by atoms with E-state index in [4.69, 9.17) is 10.00 Å². The van der Waals surface area contributed by atoms with E-state index in [1.54, 1.807) is 24.3 Å². The van der Waals surface area contributed by atoms with E-state index in [-0.39, 0.29) is 6.61 Å². The number of hydrogen-bond acceptors (Lipinski definition) is 4. The smallest absolute Gasteiger partial charge is 0.339 e. The Balaban J connectivity index is 1.88. The molecule has 118 valence electrons. The highest BCUT2D eigenvalue weighted by molar-refractivity contribution is 6.03. The van der Waals surface area contributed by atoms with Crippen molar-refractivity contribution in [3.8, 4) is 6.07 Å². The molecule has 0 amide bonds. The van der Waals surface area contributed by atoms with E-state index in [1.807, 2.05) is 38.1 Å². The van der Waals surface area contributed by atoms with Crippen molar-refractivity contribution in [1.29, 1.82) is 5.26 Å². The second-order valence-corrected chi connectivity index (χ2v) is 5.72. The molecule has 0 aliphatic heterocycles. The molecule has 0 spiro atoms. The van der Waals surface area contributed by atoms with Gasteiger partial charge < -0.3 is 4.74 Å². The molecule has 4 heteroatoms. The molecule has 0 N–H and O–H groups in total. The van der Waals surface area contributed by atoms with Crippen LogP contribution in [0.4, 0.5) is 0 Å². The maximum atomic E-state index is 12.5. The summed E-state index contributed by atoms with van der Waals surface area (Å²) in [4.78, 5) is 17.0. The third-order valence-electron chi connectivity index (χ3n) is 3.74. The van der Waals surface area contributed by atoms with E-state index in [9.17, 15) is 4.79 Å². The fourth-order valence-electron chi connectivity index (χ4n) is 2.60. The normalized spacial score (nSPS) is 10.4. The van der Waals surface area contributed by atoms with Crippen molar-refractivity contribution >= 4 is 16.9 Å². The Morgan fingerprint density at radius 3 is 2.79 bits per heavy atom. The monoisotopic (exact) mass is 316 g/mol. The van der Waals surface area contributed by atoms with E-state index in [2.05, 4.69) is 11.1 Å². The summed E-state index contributed by atoms with van der Waals surface area (Å²) in [7, 11) is 0. The van der Waals surface area contributed by atoms with Crippen molar-refractivity contribution in [3.63, 3.8) is 0 Å². The zero-order chi connectivity index (χ0) is 17.1. The van der Waals surface area contributed by atoms with Gasteiger partial charge in [-0.25, -0.2) is 4.79 Å². The molecule has 0 bridgehead atoms. The van der Waals surface area contributed by atoms with Gasteiger partial charge in [-0.2, -0.15) is 5.26 Å². The quantitative estimate of drug-likeness (QED) is 0.683. The van der Waals surface area contributed by atoms with Gasteiger partial charge in [0.05, 0.1) is 22.7 Å². The summed E-state index contributed by atoms with van der Waals surface area (Å²) in [5.74, 6) is -0.390. The number of esters is 1. The number of rotatable bonds is 3. The van der Waals surface area contributed by atoms with Crippen LogP contribution in [0.2, 0.25) is 0 Å². The van der Waals surface area contributed by atoms with Crippen molar-refractivity contribution in [1.82, 2.24) is 4.98 Å². The fourth-order valence-corrected chi connectivity index (χ4v) is 2.60. The maximum absolute atomic E-state index is 12.5. The Labute approximate surface area is 140 Å². The summed E-state index contributed by atoms with van der Waals surface area (Å²) in [5, 5.41) is 9.72. The summed E-state index contributed by atoms with van der Waals surface area (Å²) in [5.41, 5.74) is 4.45. The maximum Gasteiger partial charge on any atom is 0.339 e. The molecule has 0 aliphatic rings. The number of ether oxygens (including phenoxy) is 1. The van der Waals surface area contributed by atoms with Crippen LogP contribution < -0.4 is 0 Å². The van der Waals surface area contributed by atoms with Gasteiger partial charge >= 0.3 is 5.97 Å². The molecule has 0 unspecified atom stereocenters. The van der Waals surface area contributed by atoms with Crippen LogP contribution in [0.15, 0.2) is 48.5 Å². The highest BCUT2D eigenvalue weighted by Gasteiger charge is 2.14. The molecule has 0 saturated heterocycles. The molecular formula is C20H16N2O2. The standard InChI is InChI=1S/C20H16N2O2/c1-13-6-7-19-17(8-13)18(9-14(2)22-19)20(23)24-12-16-5-3-4-15(10-16)11-21/h3-10H,12H2,1-2H3. The summed E-state index contributed by atoms with van der Waals surface area (Å²) < 4.78 is 5.44. The van der Waals surface area contributed by atoms with Gasteiger partial charge in [-0.1, -0.05) is 23.8 Å². The Hall–Kier alpha value is -3.19. The van der Waals surface area contributed by atoms with E-state index in [0.29, 0.717) is 11.1 Å². The lowest BCUT2D eigenvalue weighted by Crippen LogP contribution is -2.07. The first-order chi connectivity index (χ1) is 11.6. The molecule has 24 heavy (non-hydrogen) atoms. The van der Waals surface area contributed by atoms with Gasteiger partial charge in [-0.3, -0.25) is 4.98 Å². The molecule has 0 radical (unpaired) electrons. The molecule has 0 saturated carbocycles. The Morgan fingerprint density at radius 2 is 2.00 bits per heavy atom. The number of nitriles is 1. The summed E-state index contributed by atoms with van der Waals surface area (Å²) in [6, 6.07) is 16.7. The van der Waals surface area contributed by atoms with Crippen LogP contribution in [0.3, 0.4) is 0 Å². The van der Waals surface area contributed by atoms with Crippen LogP contribution in [0, 0.1) is 25.2 Å². The lowest BCUT2D eigenvalue weighted by atomic mass is 10.1. The SMILES string of the molecule is Cc1ccc2nc(C)cc(C(=O)OCc3cccc(C#N)c3)c2c1. The predicted molar refractivity (Wildman–Crippen MR) is 91.5 cm³/mol. The van der Waals surface area contributed by atoms with Crippen molar-refractivity contribution in [2.75, 3.05) is 0 Å². The molecule has 4 nitrogen and oxygen atoms in total. The van der Waals surface area contributed by atoms with Gasteiger partial charge in [0.2, 0.25) is 0 Å². The third kappa shape index (κ3) is 3.26. The number of fused-ring (bicyclic) bond motifs is 1. The first kappa shape index (κ1) is 15.7. The number of nitrogens with zero attached hydrogens (tertiary/aromatic N) is 2. The van der Waals surface area contributed by atoms with Crippen molar-refractivity contribution in [2.24, 2.45) is 0 Å². The molecule has 2 aromatic carbocycles. The van der Waals surface area contributed by atoms with Crippen molar-refractivity contribution in [3.05, 3.63) is 76.5 Å². The van der Waals surface area contributed by atoms with E-state index >= 15 is 0 Å². The molecule has 0 aliphatic carbocycles. The van der Waals surface area contributed by atoms with Gasteiger partial charge in [-0.05, 0) is 49.7 Å². The zero-order valence-electron chi connectivity index (χ0n) is 13.5. The minimum absolute atomic E-state index is 0.128. The summed E-state index contributed by atoms with van der Waals surface area (Å²) in [6.45, 7) is 3.96. The van der Waals surface area contributed by atoms with Crippen LogP contribution in [0.1, 0.15) is 32.7 Å². The van der Waals surface area contributed by atoms with Crippen LogP contribution in [-0.4, -0.2) is 11.0 Å². The van der Waals surface area contributed by atoms with E-state index in [0.717, 1.165) is 27.7 Å². The number of aromatic nitrogens is 1. The molecule has 3 rings (SSSR count). The van der Waals surface area contributed by atoms with Gasteiger partial charge in [0, 0.05) is 11.1 Å². The molecule has 0 atom stereocenters. The van der Waals surface area contributed by atoms with Crippen molar-refractivity contribution < 1.29 is 9.53 Å². The van der Waals surface area contributed by atoms with Crippen molar-refractivity contribution in [2.45, 2.75) is 20.5 Å². The van der Waals surface area contributed by atoms with Crippen LogP contribution in [-0.2, 0) is 11.3 Å². The molecular weight excluding hydrogens is 300 g/mol. The number of carbonyl (C=O) groups excluding carboxylic acids is 1. The second-order valence-electron chi connectivity index (χ2n) is 5.72. The minimum Gasteiger partial charge on any atom is -0.457 e. The highest BCUT2D eigenvalue weighted by Crippen LogP contribution is 2.21. The summed E-state index contributed by atoms with van der Waals surface area (Å²) in [6.07, 6.45) is 0. The molecule has 0 fully saturated rings. The number of benzene rings is 2. The third-order valence-corrected chi connectivity index (χ3v) is 3.74. The molecule has 1 heterocycles. The van der Waals surface area contributed by atoms with Crippen LogP contribution in [0.25, 0.3) is 10.9 Å².